The Morgan fingerprint density at radius 3 is 2.55 bits per heavy atom. The Morgan fingerprint density at radius 2 is 1.81 bits per heavy atom. The molecule has 1 N–H and O–H groups in total. The van der Waals surface area contributed by atoms with Crippen LogP contribution in [0.15, 0.2) is 42.5 Å². The third-order valence-electron chi connectivity index (χ3n) is 5.95. The molecule has 0 amide bonds. The average molecular weight is 443 g/mol. The van der Waals surface area contributed by atoms with Crippen LogP contribution >= 0.6 is 11.6 Å². The Hall–Kier alpha value is -2.04. The molecule has 2 aromatic rings. The van der Waals surface area contributed by atoms with E-state index in [-0.39, 0.29) is 11.9 Å². The number of aryl methyl sites for hydroxylation is 1. The van der Waals surface area contributed by atoms with E-state index in [0.29, 0.717) is 17.3 Å². The van der Waals surface area contributed by atoms with Gasteiger partial charge >= 0.3 is 5.97 Å². The Morgan fingerprint density at radius 1 is 1.06 bits per heavy atom. The molecule has 0 saturated heterocycles. The fourth-order valence-electron chi connectivity index (χ4n) is 4.07. The molecule has 0 bridgehead atoms. The van der Waals surface area contributed by atoms with Crippen molar-refractivity contribution in [1.82, 2.24) is 4.90 Å². The molecular weight excluding hydrogens is 408 g/mol. The molecule has 0 aromatic heterocycles. The van der Waals surface area contributed by atoms with Crippen molar-refractivity contribution in [2.45, 2.75) is 57.8 Å². The highest BCUT2D eigenvalue weighted by Crippen LogP contribution is 2.34. The SMILES string of the molecule is CCCCCN(C)CCCCCc1ccc2c(c1)C(C(=O)Oc1ccc(Cl)cc1)CN2. The standard InChI is InChI=1S/C26H35ClN2O2/c1-3-4-7-16-29(2)17-8-5-6-9-20-10-15-25-23(18-20)24(19-28-25)26(30)31-22-13-11-21(27)12-14-22/h10-15,18,24,28H,3-9,16-17,19H2,1-2H3. The lowest BCUT2D eigenvalue weighted by molar-refractivity contribution is -0.135. The van der Waals surface area contributed by atoms with E-state index in [2.05, 4.69) is 42.4 Å². The Bertz CT molecular complexity index is 838. The van der Waals surface area contributed by atoms with Gasteiger partial charge in [-0.25, -0.2) is 0 Å². The van der Waals surface area contributed by atoms with Crippen molar-refractivity contribution >= 4 is 23.3 Å². The third-order valence-corrected chi connectivity index (χ3v) is 6.21. The number of nitrogens with one attached hydrogen (secondary N) is 1. The topological polar surface area (TPSA) is 41.6 Å². The van der Waals surface area contributed by atoms with Gasteiger partial charge in [-0.05, 0) is 87.3 Å². The van der Waals surface area contributed by atoms with Crippen LogP contribution < -0.4 is 10.1 Å². The number of carbonyl (C=O) groups excluding carboxylic acids is 1. The van der Waals surface area contributed by atoms with E-state index in [1.165, 1.54) is 57.2 Å². The van der Waals surface area contributed by atoms with Crippen molar-refractivity contribution in [3.05, 3.63) is 58.6 Å². The predicted octanol–water partition coefficient (Wildman–Crippen LogP) is 6.29. The molecular formula is C26H35ClN2O2. The first kappa shape index (κ1) is 23.6. The van der Waals surface area contributed by atoms with Crippen LogP contribution in [0.4, 0.5) is 5.69 Å². The van der Waals surface area contributed by atoms with Crippen LogP contribution in [0.2, 0.25) is 5.02 Å². The van der Waals surface area contributed by atoms with Crippen molar-refractivity contribution < 1.29 is 9.53 Å². The molecule has 4 nitrogen and oxygen atoms in total. The van der Waals surface area contributed by atoms with Gasteiger partial charge < -0.3 is 15.0 Å². The average Bonchev–Trinajstić information content (AvgIpc) is 3.19. The zero-order chi connectivity index (χ0) is 22.1. The lowest BCUT2D eigenvalue weighted by Gasteiger charge is -2.16. The second-order valence-electron chi connectivity index (χ2n) is 8.55. The number of rotatable bonds is 12. The van der Waals surface area contributed by atoms with Crippen LogP contribution in [0, 0.1) is 0 Å². The van der Waals surface area contributed by atoms with Gasteiger partial charge in [-0.3, -0.25) is 4.79 Å². The summed E-state index contributed by atoms with van der Waals surface area (Å²) in [5.41, 5.74) is 3.38. The maximum Gasteiger partial charge on any atom is 0.320 e. The number of halogens is 1. The molecule has 1 unspecified atom stereocenters. The summed E-state index contributed by atoms with van der Waals surface area (Å²) in [6.07, 6.45) is 8.61. The number of fused-ring (bicyclic) bond motifs is 1. The zero-order valence-electron chi connectivity index (χ0n) is 18.8. The van der Waals surface area contributed by atoms with E-state index < -0.39 is 0 Å². The minimum absolute atomic E-state index is 0.225. The van der Waals surface area contributed by atoms with Gasteiger partial charge in [0.25, 0.3) is 0 Å². The molecule has 0 spiro atoms. The van der Waals surface area contributed by atoms with Crippen molar-refractivity contribution in [1.29, 1.82) is 0 Å². The smallest absolute Gasteiger partial charge is 0.320 e. The number of ether oxygens (including phenoxy) is 1. The summed E-state index contributed by atoms with van der Waals surface area (Å²) >= 11 is 5.91. The molecule has 5 heteroatoms. The van der Waals surface area contributed by atoms with Crippen LogP contribution in [0.1, 0.15) is 62.5 Å². The molecule has 0 fully saturated rings. The predicted molar refractivity (Wildman–Crippen MR) is 129 cm³/mol. The van der Waals surface area contributed by atoms with Gasteiger partial charge in [0.2, 0.25) is 0 Å². The van der Waals surface area contributed by atoms with Crippen LogP contribution in [-0.4, -0.2) is 37.6 Å². The number of anilines is 1. The highest BCUT2D eigenvalue weighted by molar-refractivity contribution is 6.30. The molecule has 1 atom stereocenters. The summed E-state index contributed by atoms with van der Waals surface area (Å²) in [4.78, 5) is 15.2. The third kappa shape index (κ3) is 7.26. The maximum absolute atomic E-state index is 12.7. The lowest BCUT2D eigenvalue weighted by Crippen LogP contribution is -2.20. The van der Waals surface area contributed by atoms with Gasteiger partial charge in [0.1, 0.15) is 11.7 Å². The quantitative estimate of drug-likeness (QED) is 0.238. The van der Waals surface area contributed by atoms with Crippen LogP contribution in [-0.2, 0) is 11.2 Å². The first-order chi connectivity index (χ1) is 15.1. The van der Waals surface area contributed by atoms with Gasteiger partial charge in [-0.1, -0.05) is 49.9 Å². The number of nitrogens with zero attached hydrogens (tertiary/aromatic N) is 1. The number of hydrogen-bond acceptors (Lipinski definition) is 4. The van der Waals surface area contributed by atoms with E-state index in [0.717, 1.165) is 17.7 Å². The van der Waals surface area contributed by atoms with Crippen molar-refractivity contribution in [2.24, 2.45) is 0 Å². The summed E-state index contributed by atoms with van der Waals surface area (Å²) in [5.74, 6) is 0.0258. The fourth-order valence-corrected chi connectivity index (χ4v) is 4.20. The van der Waals surface area contributed by atoms with E-state index in [9.17, 15) is 4.79 Å². The summed E-state index contributed by atoms with van der Waals surface area (Å²) in [6, 6.07) is 13.4. The first-order valence-electron chi connectivity index (χ1n) is 11.6. The minimum Gasteiger partial charge on any atom is -0.426 e. The van der Waals surface area contributed by atoms with Crippen LogP contribution in [0.25, 0.3) is 0 Å². The highest BCUT2D eigenvalue weighted by Gasteiger charge is 2.30. The zero-order valence-corrected chi connectivity index (χ0v) is 19.6. The normalized spacial score (nSPS) is 15.0. The summed E-state index contributed by atoms with van der Waals surface area (Å²) < 4.78 is 5.58. The molecule has 0 saturated carbocycles. The molecule has 1 aliphatic rings. The molecule has 168 valence electrons. The van der Waals surface area contributed by atoms with E-state index in [4.69, 9.17) is 16.3 Å². The summed E-state index contributed by atoms with van der Waals surface area (Å²) in [5, 5.41) is 3.96. The summed E-state index contributed by atoms with van der Waals surface area (Å²) in [6.45, 7) is 5.21. The van der Waals surface area contributed by atoms with E-state index >= 15 is 0 Å². The van der Waals surface area contributed by atoms with Gasteiger partial charge in [-0.2, -0.15) is 0 Å². The van der Waals surface area contributed by atoms with Gasteiger partial charge in [0, 0.05) is 17.3 Å². The second-order valence-corrected chi connectivity index (χ2v) is 8.99. The number of benzene rings is 2. The van der Waals surface area contributed by atoms with Gasteiger partial charge in [0.05, 0.1) is 0 Å². The fraction of sp³-hybridized carbons (Fsp3) is 0.500. The number of hydrogen-bond donors (Lipinski definition) is 1. The number of unbranched alkanes of at least 4 members (excludes halogenated alkanes) is 4. The highest BCUT2D eigenvalue weighted by atomic mass is 35.5. The summed E-state index contributed by atoms with van der Waals surface area (Å²) in [7, 11) is 2.23. The maximum atomic E-state index is 12.7. The largest absolute Gasteiger partial charge is 0.426 e. The van der Waals surface area contributed by atoms with Gasteiger partial charge in [0.15, 0.2) is 0 Å². The minimum atomic E-state index is -0.276. The second kappa shape index (κ2) is 12.1. The Labute approximate surface area is 191 Å². The molecule has 1 heterocycles. The van der Waals surface area contributed by atoms with Crippen molar-refractivity contribution in [3.63, 3.8) is 0 Å². The number of carbonyl (C=O) groups is 1. The molecule has 2 aromatic carbocycles. The van der Waals surface area contributed by atoms with Crippen LogP contribution in [0.3, 0.4) is 0 Å². The van der Waals surface area contributed by atoms with Gasteiger partial charge in [-0.15, -0.1) is 0 Å². The lowest BCUT2D eigenvalue weighted by atomic mass is 9.97. The van der Waals surface area contributed by atoms with E-state index in [1.807, 2.05) is 0 Å². The molecule has 0 aliphatic carbocycles. The van der Waals surface area contributed by atoms with Crippen LogP contribution in [0.5, 0.6) is 5.75 Å². The first-order valence-corrected chi connectivity index (χ1v) is 12.0. The van der Waals surface area contributed by atoms with Crippen molar-refractivity contribution in [2.75, 3.05) is 32.0 Å². The Balaban J connectivity index is 1.46. The van der Waals surface area contributed by atoms with E-state index in [1.54, 1.807) is 24.3 Å². The molecule has 31 heavy (non-hydrogen) atoms. The monoisotopic (exact) mass is 442 g/mol. The number of esters is 1. The molecule has 1 aliphatic heterocycles. The Kier molecular flexibility index (Phi) is 9.23. The van der Waals surface area contributed by atoms with Crippen molar-refractivity contribution in [3.8, 4) is 5.75 Å². The molecule has 3 rings (SSSR count). The molecule has 0 radical (unpaired) electrons.